The van der Waals surface area contributed by atoms with Gasteiger partial charge < -0.3 is 5.32 Å². The zero-order chi connectivity index (χ0) is 14.9. The number of rotatable bonds is 3. The molecule has 1 atom stereocenters. The van der Waals surface area contributed by atoms with Gasteiger partial charge in [-0.3, -0.25) is 0 Å². The Hall–Kier alpha value is -1.52. The van der Waals surface area contributed by atoms with Gasteiger partial charge in [-0.25, -0.2) is 13.2 Å². The number of aryl methyl sites for hydroxylation is 1. The summed E-state index contributed by atoms with van der Waals surface area (Å²) < 4.78 is 40.2. The number of hydrogen-bond donors (Lipinski definition) is 1. The first-order valence-electron chi connectivity index (χ1n) is 6.01. The summed E-state index contributed by atoms with van der Waals surface area (Å²) in [4.78, 5) is 0. The molecule has 2 aromatic carbocycles. The van der Waals surface area contributed by atoms with E-state index in [1.54, 1.807) is 19.2 Å². The van der Waals surface area contributed by atoms with Crippen LogP contribution in [0.5, 0.6) is 0 Å². The van der Waals surface area contributed by atoms with Gasteiger partial charge in [-0.2, -0.15) is 0 Å². The predicted octanol–water partition coefficient (Wildman–Crippen LogP) is 4.37. The molecule has 0 spiro atoms. The van der Waals surface area contributed by atoms with Crippen molar-refractivity contribution in [1.82, 2.24) is 5.32 Å². The fourth-order valence-corrected chi connectivity index (χ4v) is 2.49. The van der Waals surface area contributed by atoms with E-state index in [9.17, 15) is 13.2 Å². The van der Waals surface area contributed by atoms with Crippen LogP contribution in [0.15, 0.2) is 30.3 Å². The molecule has 0 bridgehead atoms. The van der Waals surface area contributed by atoms with Gasteiger partial charge >= 0.3 is 0 Å². The molecule has 0 saturated carbocycles. The predicted molar refractivity (Wildman–Crippen MR) is 73.4 cm³/mol. The zero-order valence-corrected chi connectivity index (χ0v) is 11.7. The molecular formula is C15H13ClF3N. The molecular weight excluding hydrogens is 287 g/mol. The van der Waals surface area contributed by atoms with E-state index in [0.29, 0.717) is 16.7 Å². The van der Waals surface area contributed by atoms with E-state index in [1.165, 1.54) is 0 Å². The van der Waals surface area contributed by atoms with Crippen molar-refractivity contribution in [3.05, 3.63) is 69.5 Å². The molecule has 0 heterocycles. The van der Waals surface area contributed by atoms with Gasteiger partial charge in [0.2, 0.25) is 0 Å². The summed E-state index contributed by atoms with van der Waals surface area (Å²) in [6.45, 7) is 1.85. The Morgan fingerprint density at radius 3 is 2.20 bits per heavy atom. The smallest absolute Gasteiger partial charge is 0.161 e. The maximum Gasteiger partial charge on any atom is 0.161 e. The highest BCUT2D eigenvalue weighted by Gasteiger charge is 2.19. The van der Waals surface area contributed by atoms with Crippen LogP contribution in [0, 0.1) is 24.4 Å². The van der Waals surface area contributed by atoms with E-state index in [4.69, 9.17) is 11.6 Å². The Balaban J connectivity index is 2.55. The lowest BCUT2D eigenvalue weighted by Gasteiger charge is -2.19. The van der Waals surface area contributed by atoms with Crippen LogP contribution in [0.25, 0.3) is 0 Å². The molecule has 106 valence electrons. The second-order valence-electron chi connectivity index (χ2n) is 4.57. The second kappa shape index (κ2) is 5.85. The lowest BCUT2D eigenvalue weighted by molar-refractivity contribution is 0.483. The summed E-state index contributed by atoms with van der Waals surface area (Å²) in [6.07, 6.45) is 0. The zero-order valence-electron chi connectivity index (χ0n) is 11.0. The minimum Gasteiger partial charge on any atom is -0.309 e. The number of benzene rings is 2. The maximum absolute atomic E-state index is 13.9. The van der Waals surface area contributed by atoms with Crippen molar-refractivity contribution in [2.24, 2.45) is 0 Å². The SMILES string of the molecule is CNC(c1cc(C)cc(Cl)c1)c1cc(F)c(F)cc1F. The Morgan fingerprint density at radius 2 is 1.60 bits per heavy atom. The van der Waals surface area contributed by atoms with Crippen molar-refractivity contribution in [1.29, 1.82) is 0 Å². The Morgan fingerprint density at radius 1 is 0.950 bits per heavy atom. The van der Waals surface area contributed by atoms with Crippen molar-refractivity contribution in [2.75, 3.05) is 7.05 Å². The van der Waals surface area contributed by atoms with Crippen LogP contribution < -0.4 is 5.32 Å². The quantitative estimate of drug-likeness (QED) is 0.830. The molecule has 0 saturated heterocycles. The fraction of sp³-hybridized carbons (Fsp3) is 0.200. The van der Waals surface area contributed by atoms with E-state index in [1.807, 2.05) is 13.0 Å². The summed E-state index contributed by atoms with van der Waals surface area (Å²) in [5.74, 6) is -3.09. The minimum atomic E-state index is -1.21. The normalized spacial score (nSPS) is 12.5. The first kappa shape index (κ1) is 14.9. The summed E-state index contributed by atoms with van der Waals surface area (Å²) in [6, 6.07) is 6.04. The topological polar surface area (TPSA) is 12.0 Å². The third-order valence-electron chi connectivity index (χ3n) is 3.04. The molecule has 1 N–H and O–H groups in total. The first-order valence-corrected chi connectivity index (χ1v) is 6.39. The summed E-state index contributed by atoms with van der Waals surface area (Å²) in [5.41, 5.74) is 1.62. The molecule has 0 aromatic heterocycles. The van der Waals surface area contributed by atoms with Crippen molar-refractivity contribution < 1.29 is 13.2 Å². The fourth-order valence-electron chi connectivity index (χ4n) is 2.19. The summed E-state index contributed by atoms with van der Waals surface area (Å²) >= 11 is 5.98. The molecule has 1 nitrogen and oxygen atoms in total. The van der Waals surface area contributed by atoms with Gasteiger partial charge in [0.15, 0.2) is 11.6 Å². The van der Waals surface area contributed by atoms with Gasteiger partial charge in [0.25, 0.3) is 0 Å². The largest absolute Gasteiger partial charge is 0.309 e. The highest BCUT2D eigenvalue weighted by Crippen LogP contribution is 2.28. The number of hydrogen-bond acceptors (Lipinski definition) is 1. The van der Waals surface area contributed by atoms with Crippen molar-refractivity contribution in [3.63, 3.8) is 0 Å². The lowest BCUT2D eigenvalue weighted by atomic mass is 9.97. The standard InChI is InChI=1S/C15H13ClF3N/c1-8-3-9(5-10(16)4-8)15(20-2)11-6-13(18)14(19)7-12(11)17/h3-7,15,20H,1-2H3. The maximum atomic E-state index is 13.9. The average molecular weight is 300 g/mol. The lowest BCUT2D eigenvalue weighted by Crippen LogP contribution is -2.19. The van der Waals surface area contributed by atoms with Gasteiger partial charge in [-0.15, -0.1) is 0 Å². The van der Waals surface area contributed by atoms with E-state index in [2.05, 4.69) is 5.32 Å². The molecule has 0 aliphatic rings. The molecule has 0 radical (unpaired) electrons. The average Bonchev–Trinajstić information content (AvgIpc) is 2.35. The Bertz CT molecular complexity index is 623. The van der Waals surface area contributed by atoms with Crippen molar-refractivity contribution >= 4 is 11.6 Å². The summed E-state index contributed by atoms with van der Waals surface area (Å²) in [5, 5.41) is 3.39. The number of halogens is 4. The molecule has 2 rings (SSSR count). The first-order chi connectivity index (χ1) is 9.42. The number of nitrogens with one attached hydrogen (secondary N) is 1. The molecule has 0 amide bonds. The van der Waals surface area contributed by atoms with Crippen LogP contribution in [-0.4, -0.2) is 7.05 Å². The molecule has 20 heavy (non-hydrogen) atoms. The second-order valence-corrected chi connectivity index (χ2v) is 5.01. The van der Waals surface area contributed by atoms with Gasteiger partial charge in [-0.1, -0.05) is 17.7 Å². The van der Waals surface area contributed by atoms with Crippen LogP contribution >= 0.6 is 11.6 Å². The van der Waals surface area contributed by atoms with Crippen LogP contribution in [0.3, 0.4) is 0 Å². The molecule has 0 aliphatic carbocycles. The van der Waals surface area contributed by atoms with Crippen LogP contribution in [0.1, 0.15) is 22.7 Å². The molecule has 5 heteroatoms. The highest BCUT2D eigenvalue weighted by atomic mass is 35.5. The monoisotopic (exact) mass is 299 g/mol. The third kappa shape index (κ3) is 2.97. The highest BCUT2D eigenvalue weighted by molar-refractivity contribution is 6.30. The van der Waals surface area contributed by atoms with Crippen LogP contribution in [-0.2, 0) is 0 Å². The Kier molecular flexibility index (Phi) is 4.35. The van der Waals surface area contributed by atoms with Gasteiger partial charge in [-0.05, 0) is 43.3 Å². The molecule has 1 unspecified atom stereocenters. The van der Waals surface area contributed by atoms with Gasteiger partial charge in [0.05, 0.1) is 6.04 Å². The molecule has 0 fully saturated rings. The summed E-state index contributed by atoms with van der Waals surface area (Å²) in [7, 11) is 1.61. The van der Waals surface area contributed by atoms with E-state index < -0.39 is 23.5 Å². The van der Waals surface area contributed by atoms with Gasteiger partial charge in [0.1, 0.15) is 5.82 Å². The molecule has 2 aromatic rings. The van der Waals surface area contributed by atoms with E-state index in [0.717, 1.165) is 11.6 Å². The third-order valence-corrected chi connectivity index (χ3v) is 3.26. The Labute approximate surface area is 120 Å². The van der Waals surface area contributed by atoms with E-state index in [-0.39, 0.29) is 5.56 Å². The van der Waals surface area contributed by atoms with Crippen molar-refractivity contribution in [2.45, 2.75) is 13.0 Å². The van der Waals surface area contributed by atoms with Crippen LogP contribution in [0.4, 0.5) is 13.2 Å². The van der Waals surface area contributed by atoms with Crippen LogP contribution in [0.2, 0.25) is 5.02 Å². The van der Waals surface area contributed by atoms with Gasteiger partial charge in [0, 0.05) is 16.7 Å². The van der Waals surface area contributed by atoms with E-state index >= 15 is 0 Å². The minimum absolute atomic E-state index is 0.0352. The van der Waals surface area contributed by atoms with Crippen molar-refractivity contribution in [3.8, 4) is 0 Å². The molecule has 0 aliphatic heterocycles.